The van der Waals surface area contributed by atoms with E-state index >= 15 is 0 Å². The molecule has 1 amide bonds. The van der Waals surface area contributed by atoms with E-state index in [1.54, 1.807) is 63.0 Å². The molecule has 0 saturated carbocycles. The van der Waals surface area contributed by atoms with Gasteiger partial charge in [0, 0.05) is 29.7 Å². The highest BCUT2D eigenvalue weighted by atomic mass is 16.5. The fraction of sp³-hybridized carbons (Fsp3) is 0.208. The van der Waals surface area contributed by atoms with Crippen LogP contribution in [0.3, 0.4) is 0 Å². The molecule has 0 unspecified atom stereocenters. The summed E-state index contributed by atoms with van der Waals surface area (Å²) < 4.78 is 21.2. The molecular weight excluding hydrogens is 424 g/mol. The van der Waals surface area contributed by atoms with Crippen LogP contribution in [0.5, 0.6) is 23.0 Å². The van der Waals surface area contributed by atoms with Crippen LogP contribution in [-0.4, -0.2) is 45.3 Å². The van der Waals surface area contributed by atoms with Crippen molar-refractivity contribution in [1.29, 1.82) is 0 Å². The third-order valence-electron chi connectivity index (χ3n) is 4.69. The van der Waals surface area contributed by atoms with Gasteiger partial charge in [-0.05, 0) is 48.0 Å². The Morgan fingerprint density at radius 2 is 1.42 bits per heavy atom. The average molecular weight is 450 g/mol. The van der Waals surface area contributed by atoms with E-state index in [1.807, 2.05) is 12.1 Å². The highest BCUT2D eigenvalue weighted by Gasteiger charge is 2.14. The standard InChI is InChI=1S/C24H26N4O5/c1-30-19-7-5-17(13-21(19)32-3)23(29)28-24(26-15-16-9-11-25-12-10-16)27-18-6-8-20(31-2)22(14-18)33-4/h5-14H,15H2,1-4H3,(H2,26,27,28,29). The number of benzene rings is 2. The van der Waals surface area contributed by atoms with Gasteiger partial charge < -0.3 is 24.3 Å². The molecule has 172 valence electrons. The number of anilines is 1. The van der Waals surface area contributed by atoms with Gasteiger partial charge in [0.05, 0.1) is 35.0 Å². The number of hydrogen-bond donors (Lipinski definition) is 2. The van der Waals surface area contributed by atoms with Crippen LogP contribution < -0.4 is 29.6 Å². The predicted molar refractivity (Wildman–Crippen MR) is 126 cm³/mol. The molecule has 3 aromatic rings. The van der Waals surface area contributed by atoms with Crippen molar-refractivity contribution in [3.8, 4) is 23.0 Å². The number of pyridine rings is 1. The van der Waals surface area contributed by atoms with Crippen molar-refractivity contribution in [3.63, 3.8) is 0 Å². The first-order chi connectivity index (χ1) is 16.1. The molecule has 9 heteroatoms. The van der Waals surface area contributed by atoms with Crippen molar-refractivity contribution in [2.45, 2.75) is 6.54 Å². The minimum absolute atomic E-state index is 0.263. The second-order valence-electron chi connectivity index (χ2n) is 6.74. The molecular formula is C24H26N4O5. The molecule has 0 bridgehead atoms. The molecule has 0 aliphatic carbocycles. The number of nitrogens with one attached hydrogen (secondary N) is 2. The van der Waals surface area contributed by atoms with Crippen LogP contribution in [0.2, 0.25) is 0 Å². The molecule has 0 aliphatic rings. The van der Waals surface area contributed by atoms with Crippen molar-refractivity contribution in [1.82, 2.24) is 10.3 Å². The molecule has 1 heterocycles. The number of carbonyl (C=O) groups excluding carboxylic acids is 1. The monoisotopic (exact) mass is 450 g/mol. The quantitative estimate of drug-likeness (QED) is 0.400. The lowest BCUT2D eigenvalue weighted by atomic mass is 10.2. The van der Waals surface area contributed by atoms with Gasteiger partial charge in [0.2, 0.25) is 5.96 Å². The fourth-order valence-electron chi connectivity index (χ4n) is 2.98. The fourth-order valence-corrected chi connectivity index (χ4v) is 2.98. The number of ether oxygens (including phenoxy) is 4. The summed E-state index contributed by atoms with van der Waals surface area (Å²) in [5.41, 5.74) is 1.99. The highest BCUT2D eigenvalue weighted by molar-refractivity contribution is 6.10. The van der Waals surface area contributed by atoms with Crippen molar-refractivity contribution in [2.75, 3.05) is 33.8 Å². The van der Waals surface area contributed by atoms with Gasteiger partial charge in [0.1, 0.15) is 0 Å². The van der Waals surface area contributed by atoms with E-state index in [9.17, 15) is 4.79 Å². The molecule has 0 spiro atoms. The van der Waals surface area contributed by atoms with E-state index in [2.05, 4.69) is 20.6 Å². The Hall–Kier alpha value is -4.27. The Bertz CT molecular complexity index is 1120. The zero-order chi connectivity index (χ0) is 23.6. The summed E-state index contributed by atoms with van der Waals surface area (Å²) >= 11 is 0. The van der Waals surface area contributed by atoms with Gasteiger partial charge in [-0.25, -0.2) is 4.99 Å². The van der Waals surface area contributed by atoms with Crippen LogP contribution in [0.1, 0.15) is 15.9 Å². The van der Waals surface area contributed by atoms with Gasteiger partial charge in [-0.1, -0.05) is 0 Å². The molecule has 1 aromatic heterocycles. The van der Waals surface area contributed by atoms with Crippen LogP contribution in [0.4, 0.5) is 5.69 Å². The summed E-state index contributed by atoms with van der Waals surface area (Å²) in [6.45, 7) is 0.338. The van der Waals surface area contributed by atoms with Crippen molar-refractivity contribution >= 4 is 17.6 Å². The number of guanidine groups is 1. The van der Waals surface area contributed by atoms with Crippen molar-refractivity contribution in [2.24, 2.45) is 4.99 Å². The van der Waals surface area contributed by atoms with Crippen LogP contribution in [0.15, 0.2) is 65.9 Å². The number of rotatable bonds is 8. The lowest BCUT2D eigenvalue weighted by Gasteiger charge is -2.15. The maximum absolute atomic E-state index is 13.0. The van der Waals surface area contributed by atoms with Gasteiger partial charge >= 0.3 is 0 Å². The number of methoxy groups -OCH3 is 4. The largest absolute Gasteiger partial charge is 0.493 e. The van der Waals surface area contributed by atoms with E-state index in [1.165, 1.54) is 14.2 Å². The average Bonchev–Trinajstić information content (AvgIpc) is 2.87. The summed E-state index contributed by atoms with van der Waals surface area (Å²) in [7, 11) is 6.17. The Kier molecular flexibility index (Phi) is 8.07. The van der Waals surface area contributed by atoms with Gasteiger partial charge in [-0.3, -0.25) is 15.1 Å². The van der Waals surface area contributed by atoms with E-state index in [-0.39, 0.29) is 11.9 Å². The van der Waals surface area contributed by atoms with Crippen LogP contribution in [0.25, 0.3) is 0 Å². The van der Waals surface area contributed by atoms with Gasteiger partial charge in [0.25, 0.3) is 5.91 Å². The van der Waals surface area contributed by atoms with Gasteiger partial charge in [-0.2, -0.15) is 0 Å². The smallest absolute Gasteiger partial charge is 0.258 e. The highest BCUT2D eigenvalue weighted by Crippen LogP contribution is 2.30. The van der Waals surface area contributed by atoms with Crippen LogP contribution in [-0.2, 0) is 6.54 Å². The third-order valence-corrected chi connectivity index (χ3v) is 4.69. The van der Waals surface area contributed by atoms with Gasteiger partial charge in [0.15, 0.2) is 23.0 Å². The maximum Gasteiger partial charge on any atom is 0.258 e. The minimum atomic E-state index is -0.364. The maximum atomic E-state index is 13.0. The van der Waals surface area contributed by atoms with E-state index in [0.717, 1.165) is 5.56 Å². The normalized spacial score (nSPS) is 10.8. The second-order valence-corrected chi connectivity index (χ2v) is 6.74. The first kappa shape index (κ1) is 23.4. The number of carbonyl (C=O) groups is 1. The zero-order valence-corrected chi connectivity index (χ0v) is 18.9. The molecule has 0 atom stereocenters. The number of hydrogen-bond acceptors (Lipinski definition) is 7. The summed E-state index contributed by atoms with van der Waals surface area (Å²) in [5, 5.41) is 5.96. The summed E-state index contributed by atoms with van der Waals surface area (Å²) in [4.78, 5) is 21.5. The van der Waals surface area contributed by atoms with Crippen molar-refractivity contribution < 1.29 is 23.7 Å². The summed E-state index contributed by atoms with van der Waals surface area (Å²) in [6.07, 6.45) is 3.38. The number of aliphatic imine (C=N–C) groups is 1. The Morgan fingerprint density at radius 1 is 0.818 bits per heavy atom. The zero-order valence-electron chi connectivity index (χ0n) is 18.9. The molecule has 0 radical (unpaired) electrons. The lowest BCUT2D eigenvalue weighted by Crippen LogP contribution is -2.36. The lowest BCUT2D eigenvalue weighted by molar-refractivity contribution is 0.0976. The van der Waals surface area contributed by atoms with E-state index < -0.39 is 0 Å². The van der Waals surface area contributed by atoms with Crippen LogP contribution >= 0.6 is 0 Å². The number of nitrogens with zero attached hydrogens (tertiary/aromatic N) is 2. The number of amides is 1. The van der Waals surface area contributed by atoms with E-state index in [0.29, 0.717) is 40.8 Å². The first-order valence-corrected chi connectivity index (χ1v) is 10.0. The second kappa shape index (κ2) is 11.4. The summed E-state index contributed by atoms with van der Waals surface area (Å²) in [6, 6.07) is 13.9. The Morgan fingerprint density at radius 3 is 2.06 bits per heavy atom. The molecule has 9 nitrogen and oxygen atoms in total. The summed E-state index contributed by atoms with van der Waals surface area (Å²) in [5.74, 6) is 2.02. The molecule has 2 N–H and O–H groups in total. The number of aromatic nitrogens is 1. The third kappa shape index (κ3) is 6.13. The van der Waals surface area contributed by atoms with E-state index in [4.69, 9.17) is 18.9 Å². The minimum Gasteiger partial charge on any atom is -0.493 e. The molecule has 3 rings (SSSR count). The Labute approximate surface area is 192 Å². The molecule has 2 aromatic carbocycles. The predicted octanol–water partition coefficient (Wildman–Crippen LogP) is 3.51. The van der Waals surface area contributed by atoms with Gasteiger partial charge in [-0.15, -0.1) is 0 Å². The van der Waals surface area contributed by atoms with Crippen molar-refractivity contribution in [3.05, 3.63) is 72.1 Å². The Balaban J connectivity index is 1.86. The molecule has 0 saturated heterocycles. The topological polar surface area (TPSA) is 103 Å². The molecule has 0 aliphatic heterocycles. The van der Waals surface area contributed by atoms with Crippen LogP contribution in [0, 0.1) is 0 Å². The molecule has 0 fully saturated rings. The first-order valence-electron chi connectivity index (χ1n) is 10.0. The SMILES string of the molecule is COc1ccc(NC(=NCc2ccncc2)NC(=O)c2ccc(OC)c(OC)c2)cc1OC. The molecule has 33 heavy (non-hydrogen) atoms.